The molecule has 16 heavy (non-hydrogen) atoms. The lowest BCUT2D eigenvalue weighted by Crippen LogP contribution is -2.25. The fourth-order valence-corrected chi connectivity index (χ4v) is 2.63. The summed E-state index contributed by atoms with van der Waals surface area (Å²) in [6.45, 7) is 1.88. The van der Waals surface area contributed by atoms with Gasteiger partial charge in [-0.1, -0.05) is 18.2 Å². The summed E-state index contributed by atoms with van der Waals surface area (Å²) in [7, 11) is 0. The summed E-state index contributed by atoms with van der Waals surface area (Å²) in [4.78, 5) is 0. The van der Waals surface area contributed by atoms with Gasteiger partial charge in [0, 0.05) is 12.1 Å². The largest absolute Gasteiger partial charge is 0.493 e. The fraction of sp³-hybridized carbons (Fsp3) is 0.538. The summed E-state index contributed by atoms with van der Waals surface area (Å²) < 4.78 is 20.4. The third-order valence-corrected chi connectivity index (χ3v) is 3.52. The fourth-order valence-electron chi connectivity index (χ4n) is 2.63. The van der Waals surface area contributed by atoms with Crippen LogP contribution in [0.2, 0.25) is 0 Å². The molecular weight excluding hydrogens is 205 g/mol. The molecule has 86 valence electrons. The number of rotatable bonds is 1. The topological polar surface area (TPSA) is 21.3 Å². The predicted molar refractivity (Wildman–Crippen MR) is 60.5 cm³/mol. The first kappa shape index (κ1) is 10.1. The van der Waals surface area contributed by atoms with E-state index >= 15 is 0 Å². The Morgan fingerprint density at radius 3 is 3.12 bits per heavy atom. The Morgan fingerprint density at radius 2 is 2.31 bits per heavy atom. The number of nitrogens with one attached hydrogen (secondary N) is 1. The van der Waals surface area contributed by atoms with Crippen molar-refractivity contribution >= 4 is 0 Å². The zero-order valence-corrected chi connectivity index (χ0v) is 9.26. The van der Waals surface area contributed by atoms with Gasteiger partial charge in [-0.15, -0.1) is 0 Å². The molecule has 2 aliphatic heterocycles. The Balaban J connectivity index is 2.06. The number of fused-ring (bicyclic) bond motifs is 1. The third kappa shape index (κ3) is 1.50. The van der Waals surface area contributed by atoms with Crippen LogP contribution in [0.4, 0.5) is 4.39 Å². The first-order valence-electron chi connectivity index (χ1n) is 5.94. The normalized spacial score (nSPS) is 28.6. The molecule has 0 spiro atoms. The van der Waals surface area contributed by atoms with Gasteiger partial charge in [0.1, 0.15) is 5.75 Å². The number of hydrogen-bond acceptors (Lipinski definition) is 2. The van der Waals surface area contributed by atoms with E-state index in [-0.39, 0.29) is 0 Å². The quantitative estimate of drug-likeness (QED) is 0.784. The number of alkyl halides is 1. The van der Waals surface area contributed by atoms with Crippen molar-refractivity contribution in [2.75, 3.05) is 19.7 Å². The van der Waals surface area contributed by atoms with Gasteiger partial charge in [0.25, 0.3) is 0 Å². The van der Waals surface area contributed by atoms with Gasteiger partial charge >= 0.3 is 0 Å². The predicted octanol–water partition coefficient (Wildman–Crippen LogP) is 2.17. The monoisotopic (exact) mass is 221 g/mol. The van der Waals surface area contributed by atoms with E-state index in [0.717, 1.165) is 36.3 Å². The van der Waals surface area contributed by atoms with E-state index in [1.807, 2.05) is 18.2 Å². The zero-order valence-electron chi connectivity index (χ0n) is 9.26. The standard InChI is InChI=1S/C13H16FNO/c14-13(6-7-15-9-13)11-5-1-3-10-4-2-8-16-12(10)11/h1,3,5,15H,2,4,6-9H2. The van der Waals surface area contributed by atoms with Crippen molar-refractivity contribution in [1.29, 1.82) is 0 Å². The third-order valence-electron chi connectivity index (χ3n) is 3.52. The Labute approximate surface area is 94.8 Å². The summed E-state index contributed by atoms with van der Waals surface area (Å²) in [5.41, 5.74) is 0.672. The van der Waals surface area contributed by atoms with Crippen molar-refractivity contribution < 1.29 is 9.13 Å². The molecule has 0 aliphatic carbocycles. The van der Waals surface area contributed by atoms with Crippen LogP contribution in [0.15, 0.2) is 18.2 Å². The summed E-state index contributed by atoms with van der Waals surface area (Å²) >= 11 is 0. The van der Waals surface area contributed by atoms with E-state index in [1.165, 1.54) is 0 Å². The molecule has 1 atom stereocenters. The van der Waals surface area contributed by atoms with Gasteiger partial charge in [0.05, 0.1) is 6.61 Å². The van der Waals surface area contributed by atoms with Crippen LogP contribution in [0.3, 0.4) is 0 Å². The molecule has 2 heterocycles. The molecule has 0 saturated carbocycles. The SMILES string of the molecule is FC1(c2cccc3c2OCCC3)CCNC1. The minimum absolute atomic E-state index is 0.410. The molecule has 3 rings (SSSR count). The highest BCUT2D eigenvalue weighted by Gasteiger charge is 2.38. The van der Waals surface area contributed by atoms with Crippen molar-refractivity contribution in [2.45, 2.75) is 24.9 Å². The summed E-state index contributed by atoms with van der Waals surface area (Å²) in [6.07, 6.45) is 2.59. The number of benzene rings is 1. The minimum atomic E-state index is -1.23. The molecule has 0 aromatic heterocycles. The highest BCUT2D eigenvalue weighted by molar-refractivity contribution is 5.46. The number of halogens is 1. The van der Waals surface area contributed by atoms with Gasteiger partial charge in [0.15, 0.2) is 5.67 Å². The molecule has 0 bridgehead atoms. The number of para-hydroxylation sites is 1. The second kappa shape index (κ2) is 3.74. The van der Waals surface area contributed by atoms with Crippen molar-refractivity contribution in [1.82, 2.24) is 5.32 Å². The molecule has 1 aromatic carbocycles. The van der Waals surface area contributed by atoms with E-state index < -0.39 is 5.67 Å². The minimum Gasteiger partial charge on any atom is -0.493 e. The van der Waals surface area contributed by atoms with Crippen molar-refractivity contribution in [2.24, 2.45) is 0 Å². The first-order chi connectivity index (χ1) is 7.80. The maximum Gasteiger partial charge on any atom is 0.153 e. The molecule has 2 nitrogen and oxygen atoms in total. The molecule has 2 aliphatic rings. The highest BCUT2D eigenvalue weighted by atomic mass is 19.1. The van der Waals surface area contributed by atoms with Gasteiger partial charge in [0.2, 0.25) is 0 Å². The average molecular weight is 221 g/mol. The van der Waals surface area contributed by atoms with Crippen LogP contribution in [-0.2, 0) is 12.1 Å². The first-order valence-corrected chi connectivity index (χ1v) is 5.94. The molecule has 1 aromatic rings. The Bertz CT molecular complexity index is 399. The summed E-state index contributed by atoms with van der Waals surface area (Å²) in [5, 5.41) is 3.09. The molecule has 3 heteroatoms. The van der Waals surface area contributed by atoms with Crippen molar-refractivity contribution in [3.05, 3.63) is 29.3 Å². The Kier molecular flexibility index (Phi) is 2.36. The van der Waals surface area contributed by atoms with Crippen LogP contribution >= 0.6 is 0 Å². The molecule has 1 unspecified atom stereocenters. The molecule has 0 radical (unpaired) electrons. The smallest absolute Gasteiger partial charge is 0.153 e. The van der Waals surface area contributed by atoms with E-state index in [0.29, 0.717) is 19.6 Å². The van der Waals surface area contributed by atoms with Crippen LogP contribution < -0.4 is 10.1 Å². The van der Waals surface area contributed by atoms with Crippen LogP contribution in [0.5, 0.6) is 5.75 Å². The van der Waals surface area contributed by atoms with E-state index in [4.69, 9.17) is 4.74 Å². The number of hydrogen-bond donors (Lipinski definition) is 1. The molecule has 1 N–H and O–H groups in total. The molecule has 0 amide bonds. The number of ether oxygens (including phenoxy) is 1. The van der Waals surface area contributed by atoms with Crippen LogP contribution in [-0.4, -0.2) is 19.7 Å². The summed E-state index contributed by atoms with van der Waals surface area (Å²) in [6, 6.07) is 5.86. The number of aryl methyl sites for hydroxylation is 1. The Morgan fingerprint density at radius 1 is 1.38 bits per heavy atom. The lowest BCUT2D eigenvalue weighted by Gasteiger charge is -2.26. The lowest BCUT2D eigenvalue weighted by molar-refractivity contribution is 0.179. The molecular formula is C13H16FNO. The zero-order chi connectivity index (χ0) is 11.0. The van der Waals surface area contributed by atoms with Crippen LogP contribution in [0.1, 0.15) is 24.0 Å². The van der Waals surface area contributed by atoms with E-state index in [2.05, 4.69) is 5.32 Å². The molecule has 1 saturated heterocycles. The van der Waals surface area contributed by atoms with Gasteiger partial charge in [-0.05, 0) is 31.4 Å². The average Bonchev–Trinajstić information content (AvgIpc) is 2.77. The van der Waals surface area contributed by atoms with Crippen molar-refractivity contribution in [3.63, 3.8) is 0 Å². The lowest BCUT2D eigenvalue weighted by atomic mass is 9.90. The highest BCUT2D eigenvalue weighted by Crippen LogP contribution is 2.41. The van der Waals surface area contributed by atoms with Crippen LogP contribution in [0.25, 0.3) is 0 Å². The Hall–Kier alpha value is -1.09. The van der Waals surface area contributed by atoms with Crippen molar-refractivity contribution in [3.8, 4) is 5.75 Å². The second-order valence-corrected chi connectivity index (χ2v) is 4.64. The van der Waals surface area contributed by atoms with Gasteiger partial charge in [-0.2, -0.15) is 0 Å². The second-order valence-electron chi connectivity index (χ2n) is 4.64. The van der Waals surface area contributed by atoms with E-state index in [9.17, 15) is 4.39 Å². The molecule has 1 fully saturated rings. The van der Waals surface area contributed by atoms with Gasteiger partial charge in [-0.3, -0.25) is 0 Å². The van der Waals surface area contributed by atoms with Crippen LogP contribution in [0, 0.1) is 0 Å². The summed E-state index contributed by atoms with van der Waals surface area (Å²) in [5.74, 6) is 0.806. The van der Waals surface area contributed by atoms with Gasteiger partial charge < -0.3 is 10.1 Å². The maximum absolute atomic E-state index is 14.7. The van der Waals surface area contributed by atoms with Gasteiger partial charge in [-0.25, -0.2) is 4.39 Å². The maximum atomic E-state index is 14.7. The van der Waals surface area contributed by atoms with E-state index in [1.54, 1.807) is 0 Å².